The lowest BCUT2D eigenvalue weighted by Gasteiger charge is -2.04. The predicted molar refractivity (Wildman–Crippen MR) is 87.5 cm³/mol. The van der Waals surface area contributed by atoms with Gasteiger partial charge in [0.25, 0.3) is 0 Å². The van der Waals surface area contributed by atoms with Gasteiger partial charge in [-0.2, -0.15) is 4.37 Å². The SMILES string of the molecule is Cn1c(Sc2nc(C3CC3)ns2)nnc1-c1ccccc1Cl. The van der Waals surface area contributed by atoms with Crippen molar-refractivity contribution in [2.75, 3.05) is 0 Å². The maximum atomic E-state index is 6.24. The predicted octanol–water partition coefficient (Wildman–Crippen LogP) is 4.02. The highest BCUT2D eigenvalue weighted by molar-refractivity contribution is 8.00. The zero-order valence-electron chi connectivity index (χ0n) is 11.7. The Balaban J connectivity index is 1.61. The average molecular weight is 350 g/mol. The summed E-state index contributed by atoms with van der Waals surface area (Å²) in [6.45, 7) is 0. The van der Waals surface area contributed by atoms with Crippen LogP contribution < -0.4 is 0 Å². The van der Waals surface area contributed by atoms with Crippen molar-refractivity contribution in [1.29, 1.82) is 0 Å². The molecule has 2 aromatic heterocycles. The average Bonchev–Trinajstić information content (AvgIpc) is 3.17. The molecule has 2 heterocycles. The number of hydrogen-bond donors (Lipinski definition) is 0. The van der Waals surface area contributed by atoms with Crippen molar-refractivity contribution in [2.45, 2.75) is 28.3 Å². The summed E-state index contributed by atoms with van der Waals surface area (Å²) in [7, 11) is 1.93. The standard InChI is InChI=1S/C14H12ClN5S2/c1-20-12(9-4-2-3-5-10(9)15)17-18-13(20)21-14-16-11(19-22-14)8-6-7-8/h2-5,8H,6-7H2,1H3. The van der Waals surface area contributed by atoms with Crippen LogP contribution >= 0.6 is 34.9 Å². The summed E-state index contributed by atoms with van der Waals surface area (Å²) in [6, 6.07) is 7.63. The number of hydrogen-bond acceptors (Lipinski definition) is 6. The van der Waals surface area contributed by atoms with Gasteiger partial charge in [0, 0.05) is 18.5 Å². The molecule has 0 bridgehead atoms. The van der Waals surface area contributed by atoms with Crippen molar-refractivity contribution in [3.63, 3.8) is 0 Å². The van der Waals surface area contributed by atoms with Gasteiger partial charge in [0.2, 0.25) is 0 Å². The van der Waals surface area contributed by atoms with Crippen molar-refractivity contribution in [1.82, 2.24) is 24.1 Å². The minimum Gasteiger partial charge on any atom is -0.305 e. The Morgan fingerprint density at radius 1 is 1.27 bits per heavy atom. The van der Waals surface area contributed by atoms with Crippen LogP contribution in [0.25, 0.3) is 11.4 Å². The minimum absolute atomic E-state index is 0.573. The van der Waals surface area contributed by atoms with Crippen molar-refractivity contribution in [3.8, 4) is 11.4 Å². The molecule has 5 nitrogen and oxygen atoms in total. The van der Waals surface area contributed by atoms with Gasteiger partial charge in [-0.25, -0.2) is 4.98 Å². The van der Waals surface area contributed by atoms with Gasteiger partial charge in [-0.05, 0) is 48.3 Å². The zero-order chi connectivity index (χ0) is 15.1. The molecule has 0 aliphatic heterocycles. The number of benzene rings is 1. The van der Waals surface area contributed by atoms with Crippen LogP contribution in [0, 0.1) is 0 Å². The van der Waals surface area contributed by atoms with Gasteiger partial charge >= 0.3 is 0 Å². The highest BCUT2D eigenvalue weighted by Crippen LogP contribution is 2.40. The third-order valence-electron chi connectivity index (χ3n) is 3.49. The quantitative estimate of drug-likeness (QED) is 0.712. The van der Waals surface area contributed by atoms with Crippen LogP contribution in [-0.2, 0) is 7.05 Å². The molecular weight excluding hydrogens is 338 g/mol. The summed E-state index contributed by atoms with van der Waals surface area (Å²) in [6.07, 6.45) is 2.42. The summed E-state index contributed by atoms with van der Waals surface area (Å²) >= 11 is 9.15. The van der Waals surface area contributed by atoms with E-state index in [9.17, 15) is 0 Å². The van der Waals surface area contributed by atoms with Gasteiger partial charge in [-0.1, -0.05) is 23.7 Å². The van der Waals surface area contributed by atoms with E-state index < -0.39 is 0 Å². The van der Waals surface area contributed by atoms with Crippen LogP contribution in [0.15, 0.2) is 33.8 Å². The lowest BCUT2D eigenvalue weighted by molar-refractivity contribution is 0.793. The van der Waals surface area contributed by atoms with Crippen LogP contribution in [0.3, 0.4) is 0 Å². The molecule has 1 aliphatic rings. The van der Waals surface area contributed by atoms with Crippen LogP contribution in [0.1, 0.15) is 24.6 Å². The Morgan fingerprint density at radius 2 is 2.09 bits per heavy atom. The van der Waals surface area contributed by atoms with E-state index in [-0.39, 0.29) is 0 Å². The van der Waals surface area contributed by atoms with Crippen LogP contribution in [-0.4, -0.2) is 24.1 Å². The maximum Gasteiger partial charge on any atom is 0.198 e. The monoisotopic (exact) mass is 349 g/mol. The highest BCUT2D eigenvalue weighted by Gasteiger charge is 2.28. The number of aromatic nitrogens is 5. The normalized spacial score (nSPS) is 14.5. The summed E-state index contributed by atoms with van der Waals surface area (Å²) in [5, 5.41) is 9.97. The van der Waals surface area contributed by atoms with Gasteiger partial charge in [0.1, 0.15) is 5.82 Å². The molecule has 0 amide bonds. The van der Waals surface area contributed by atoms with Gasteiger partial charge in [0.05, 0.1) is 5.02 Å². The fourth-order valence-corrected chi connectivity index (χ4v) is 3.93. The van der Waals surface area contributed by atoms with Crippen molar-refractivity contribution < 1.29 is 0 Å². The smallest absolute Gasteiger partial charge is 0.198 e. The number of rotatable bonds is 4. The second-order valence-electron chi connectivity index (χ2n) is 5.14. The van der Waals surface area contributed by atoms with Gasteiger partial charge in [-0.15, -0.1) is 10.2 Å². The van der Waals surface area contributed by atoms with Crippen molar-refractivity contribution in [3.05, 3.63) is 35.1 Å². The second kappa shape index (κ2) is 5.64. The molecule has 0 spiro atoms. The Kier molecular flexibility index (Phi) is 3.63. The lowest BCUT2D eigenvalue weighted by atomic mass is 10.2. The molecule has 0 saturated heterocycles. The Bertz CT molecular complexity index is 824. The van der Waals surface area contributed by atoms with E-state index in [0.717, 1.165) is 26.7 Å². The molecule has 22 heavy (non-hydrogen) atoms. The first-order valence-corrected chi connectivity index (χ1v) is 8.85. The van der Waals surface area contributed by atoms with Gasteiger partial charge in [-0.3, -0.25) is 0 Å². The molecule has 0 N–H and O–H groups in total. The first kappa shape index (κ1) is 14.2. The van der Waals surface area contributed by atoms with E-state index >= 15 is 0 Å². The second-order valence-corrected chi connectivity index (χ2v) is 7.51. The van der Waals surface area contributed by atoms with Crippen molar-refractivity contribution in [2.24, 2.45) is 7.05 Å². The van der Waals surface area contributed by atoms with Gasteiger partial charge in [0.15, 0.2) is 15.3 Å². The molecule has 8 heteroatoms. The third kappa shape index (κ3) is 2.64. The van der Waals surface area contributed by atoms with E-state index in [4.69, 9.17) is 11.6 Å². The molecule has 0 radical (unpaired) electrons. The summed E-state index contributed by atoms with van der Waals surface area (Å²) < 4.78 is 7.25. The molecule has 0 unspecified atom stereocenters. The van der Waals surface area contributed by atoms with E-state index in [0.29, 0.717) is 10.9 Å². The highest BCUT2D eigenvalue weighted by atomic mass is 35.5. The number of nitrogens with zero attached hydrogens (tertiary/aromatic N) is 5. The molecule has 1 fully saturated rings. The fraction of sp³-hybridized carbons (Fsp3) is 0.286. The van der Waals surface area contributed by atoms with Crippen LogP contribution in [0.5, 0.6) is 0 Å². The molecular formula is C14H12ClN5S2. The van der Waals surface area contributed by atoms with Crippen LogP contribution in [0.2, 0.25) is 5.02 Å². The third-order valence-corrected chi connectivity index (χ3v) is 5.63. The summed E-state index contributed by atoms with van der Waals surface area (Å²) in [4.78, 5) is 4.57. The topological polar surface area (TPSA) is 56.5 Å². The molecule has 1 aliphatic carbocycles. The largest absolute Gasteiger partial charge is 0.305 e. The van der Waals surface area contributed by atoms with E-state index in [1.807, 2.05) is 35.9 Å². The van der Waals surface area contributed by atoms with E-state index in [1.165, 1.54) is 36.1 Å². The Morgan fingerprint density at radius 3 is 2.86 bits per heavy atom. The molecule has 112 valence electrons. The summed E-state index contributed by atoms with van der Waals surface area (Å²) in [5.74, 6) is 2.30. The first-order valence-electron chi connectivity index (χ1n) is 6.88. The zero-order valence-corrected chi connectivity index (χ0v) is 14.1. The van der Waals surface area contributed by atoms with Crippen molar-refractivity contribution >= 4 is 34.9 Å². The minimum atomic E-state index is 0.573. The molecule has 0 atom stereocenters. The van der Waals surface area contributed by atoms with E-state index in [1.54, 1.807) is 0 Å². The molecule has 4 rings (SSSR count). The fourth-order valence-electron chi connectivity index (χ4n) is 2.13. The Labute approximate surface area is 140 Å². The van der Waals surface area contributed by atoms with Crippen LogP contribution in [0.4, 0.5) is 0 Å². The molecule has 1 saturated carbocycles. The lowest BCUT2D eigenvalue weighted by Crippen LogP contribution is -1.95. The van der Waals surface area contributed by atoms with Gasteiger partial charge < -0.3 is 4.57 Å². The maximum absolute atomic E-state index is 6.24. The van der Waals surface area contributed by atoms with E-state index in [2.05, 4.69) is 19.6 Å². The molecule has 1 aromatic carbocycles. The first-order chi connectivity index (χ1) is 10.7. The number of halogens is 1. The molecule has 3 aromatic rings. The summed E-state index contributed by atoms with van der Waals surface area (Å²) in [5.41, 5.74) is 0.877. The Hall–Kier alpha value is -1.44.